The summed E-state index contributed by atoms with van der Waals surface area (Å²) in [6, 6.07) is 0. The van der Waals surface area contributed by atoms with Crippen LogP contribution in [0.2, 0.25) is 0 Å². The van der Waals surface area contributed by atoms with E-state index in [1.54, 1.807) is 4.90 Å². The first-order chi connectivity index (χ1) is 24.9. The van der Waals surface area contributed by atoms with Crippen molar-refractivity contribution in [1.82, 2.24) is 9.80 Å². The van der Waals surface area contributed by atoms with Gasteiger partial charge in [-0.2, -0.15) is 0 Å². The maximum Gasteiger partial charge on any atom is 0.305 e. The molecule has 0 saturated carbocycles. The molecule has 7 heteroatoms. The maximum atomic E-state index is 12.8. The lowest BCUT2D eigenvalue weighted by Crippen LogP contribution is -2.42. The van der Waals surface area contributed by atoms with E-state index in [0.717, 1.165) is 64.2 Å². The molecule has 0 N–H and O–H groups in total. The van der Waals surface area contributed by atoms with Crippen LogP contribution in [0.25, 0.3) is 0 Å². The van der Waals surface area contributed by atoms with E-state index < -0.39 is 0 Å². The summed E-state index contributed by atoms with van der Waals surface area (Å²) in [5.74, 6) is -0.511. The van der Waals surface area contributed by atoms with Crippen LogP contribution in [0.5, 0.6) is 0 Å². The first-order valence-electron chi connectivity index (χ1n) is 20.7. The highest BCUT2D eigenvalue weighted by molar-refractivity contribution is 5.78. The molecular formula is C44H78N2O5. The Hall–Kier alpha value is -2.67. The van der Waals surface area contributed by atoms with Crippen LogP contribution in [-0.2, 0) is 23.9 Å². The van der Waals surface area contributed by atoms with Gasteiger partial charge in [0, 0.05) is 12.8 Å². The topological polar surface area (TPSA) is 76.1 Å². The molecule has 0 aromatic heterocycles. The van der Waals surface area contributed by atoms with Gasteiger partial charge < -0.3 is 19.3 Å². The van der Waals surface area contributed by atoms with Crippen LogP contribution < -0.4 is 0 Å². The lowest BCUT2D eigenvalue weighted by molar-refractivity contribution is -0.148. The molecule has 0 aliphatic heterocycles. The van der Waals surface area contributed by atoms with E-state index >= 15 is 0 Å². The minimum atomic E-state index is -0.218. The molecule has 294 valence electrons. The van der Waals surface area contributed by atoms with E-state index in [4.69, 9.17) is 9.47 Å². The monoisotopic (exact) mass is 715 g/mol. The third-order valence-electron chi connectivity index (χ3n) is 8.72. The van der Waals surface area contributed by atoms with Crippen LogP contribution in [0.1, 0.15) is 168 Å². The molecule has 7 nitrogen and oxygen atoms in total. The molecule has 0 radical (unpaired) electrons. The summed E-state index contributed by atoms with van der Waals surface area (Å²) in [4.78, 5) is 40.7. The van der Waals surface area contributed by atoms with Crippen LogP contribution in [0.15, 0.2) is 48.6 Å². The van der Waals surface area contributed by atoms with Crippen molar-refractivity contribution in [2.45, 2.75) is 168 Å². The van der Waals surface area contributed by atoms with Crippen LogP contribution in [0, 0.1) is 0 Å². The van der Waals surface area contributed by atoms with Crippen molar-refractivity contribution in [3.8, 4) is 0 Å². The first kappa shape index (κ1) is 48.3. The summed E-state index contributed by atoms with van der Waals surface area (Å²) >= 11 is 0. The quantitative estimate of drug-likeness (QED) is 0.0365. The molecule has 51 heavy (non-hydrogen) atoms. The van der Waals surface area contributed by atoms with Crippen molar-refractivity contribution in [3.63, 3.8) is 0 Å². The zero-order valence-electron chi connectivity index (χ0n) is 33.6. The van der Waals surface area contributed by atoms with Gasteiger partial charge in [0.25, 0.3) is 0 Å². The number of carbonyl (C=O) groups is 3. The standard InChI is InChI=1S/C44H78N2O5/c1-5-7-9-11-13-15-17-19-21-23-25-27-29-31-33-35-43(48)50-39-37-46(42(47)41-45(3)4)38-40-51-44(49)36-34-32-30-28-26-24-22-20-18-16-14-12-10-8-6-2/h13-16,19-22H,5-12,17-18,23-41H2,1-4H3/b15-13-,16-14-,21-19-,22-20-. The van der Waals surface area contributed by atoms with Crippen molar-refractivity contribution in [3.05, 3.63) is 48.6 Å². The number of carbonyl (C=O) groups excluding carboxylic acids is 3. The van der Waals surface area contributed by atoms with Crippen LogP contribution in [-0.4, -0.2) is 74.6 Å². The molecule has 0 rings (SSSR count). The highest BCUT2D eigenvalue weighted by atomic mass is 16.5. The number of likely N-dealkylation sites (N-methyl/N-ethyl adjacent to an activating group) is 1. The van der Waals surface area contributed by atoms with E-state index in [1.807, 2.05) is 19.0 Å². The van der Waals surface area contributed by atoms with Crippen molar-refractivity contribution in [2.24, 2.45) is 0 Å². The number of rotatable bonds is 36. The van der Waals surface area contributed by atoms with E-state index in [1.165, 1.54) is 77.0 Å². The summed E-state index contributed by atoms with van der Waals surface area (Å²) in [5, 5.41) is 0. The maximum absolute atomic E-state index is 12.8. The van der Waals surface area contributed by atoms with E-state index in [9.17, 15) is 14.4 Å². The molecule has 0 aliphatic carbocycles. The minimum Gasteiger partial charge on any atom is -0.464 e. The van der Waals surface area contributed by atoms with Gasteiger partial charge in [0.05, 0.1) is 19.6 Å². The first-order valence-corrected chi connectivity index (χ1v) is 20.7. The molecule has 1 amide bonds. The normalized spacial score (nSPS) is 11.9. The molecule has 0 atom stereocenters. The number of hydrogen-bond donors (Lipinski definition) is 0. The lowest BCUT2D eigenvalue weighted by Gasteiger charge is -2.24. The Morgan fingerprint density at radius 3 is 1.20 bits per heavy atom. The Bertz CT molecular complexity index is 876. The second kappa shape index (κ2) is 38.6. The molecule has 0 aromatic carbocycles. The number of unbranched alkanes of at least 4 members (excludes halogenated alkanes) is 16. The van der Waals surface area contributed by atoms with Gasteiger partial charge in [-0.25, -0.2) is 0 Å². The summed E-state index contributed by atoms with van der Waals surface area (Å²) < 4.78 is 10.9. The summed E-state index contributed by atoms with van der Waals surface area (Å²) in [5.41, 5.74) is 0. The Balaban J connectivity index is 3.98. The molecular weight excluding hydrogens is 636 g/mol. The van der Waals surface area contributed by atoms with Crippen molar-refractivity contribution >= 4 is 17.8 Å². The molecule has 0 spiro atoms. The Morgan fingerprint density at radius 2 is 0.824 bits per heavy atom. The number of allylic oxidation sites excluding steroid dienone is 8. The average molecular weight is 715 g/mol. The predicted molar refractivity (Wildman–Crippen MR) is 216 cm³/mol. The molecule has 0 aliphatic rings. The number of hydrogen-bond acceptors (Lipinski definition) is 6. The fourth-order valence-electron chi connectivity index (χ4n) is 5.58. The molecule has 0 heterocycles. The van der Waals surface area contributed by atoms with Gasteiger partial charge in [-0.15, -0.1) is 0 Å². The number of amides is 1. The van der Waals surface area contributed by atoms with Gasteiger partial charge in [0.2, 0.25) is 5.91 Å². The summed E-state index contributed by atoms with van der Waals surface area (Å²) in [7, 11) is 3.68. The van der Waals surface area contributed by atoms with Gasteiger partial charge in [-0.3, -0.25) is 14.4 Å². The molecule has 0 unspecified atom stereocenters. The van der Waals surface area contributed by atoms with E-state index in [0.29, 0.717) is 25.9 Å². The molecule has 0 bridgehead atoms. The SMILES string of the molecule is CCCCC/C=C\C/C=C\CCCCCCCC(=O)OCCN(CCOC(=O)CCCCCCC/C=C\C/C=C\CCCCC)C(=O)CN(C)C. The lowest BCUT2D eigenvalue weighted by atomic mass is 10.1. The zero-order chi connectivity index (χ0) is 37.5. The Morgan fingerprint density at radius 1 is 0.471 bits per heavy atom. The van der Waals surface area contributed by atoms with Crippen molar-refractivity contribution < 1.29 is 23.9 Å². The molecule has 0 fully saturated rings. The van der Waals surface area contributed by atoms with Gasteiger partial charge >= 0.3 is 11.9 Å². The highest BCUT2D eigenvalue weighted by Crippen LogP contribution is 2.10. The Kier molecular flexibility index (Phi) is 36.5. The van der Waals surface area contributed by atoms with Gasteiger partial charge in [-0.1, -0.05) is 127 Å². The van der Waals surface area contributed by atoms with Gasteiger partial charge in [0.1, 0.15) is 13.2 Å². The summed E-state index contributed by atoms with van der Waals surface area (Å²) in [6.45, 7) is 5.61. The van der Waals surface area contributed by atoms with E-state index in [2.05, 4.69) is 62.5 Å². The number of ether oxygens (including phenoxy) is 2. The van der Waals surface area contributed by atoms with Crippen LogP contribution in [0.4, 0.5) is 0 Å². The number of esters is 2. The summed E-state index contributed by atoms with van der Waals surface area (Å²) in [6.07, 6.45) is 44.1. The third kappa shape index (κ3) is 36.9. The van der Waals surface area contributed by atoms with Crippen molar-refractivity contribution in [1.29, 1.82) is 0 Å². The highest BCUT2D eigenvalue weighted by Gasteiger charge is 2.16. The fraction of sp³-hybridized carbons (Fsp3) is 0.750. The van der Waals surface area contributed by atoms with Gasteiger partial charge in [0.15, 0.2) is 0 Å². The van der Waals surface area contributed by atoms with Gasteiger partial charge in [-0.05, 0) is 91.1 Å². The average Bonchev–Trinajstić information content (AvgIpc) is 3.10. The second-order valence-corrected chi connectivity index (χ2v) is 14.0. The third-order valence-corrected chi connectivity index (χ3v) is 8.72. The van der Waals surface area contributed by atoms with Crippen molar-refractivity contribution in [2.75, 3.05) is 46.9 Å². The zero-order valence-corrected chi connectivity index (χ0v) is 33.6. The molecule has 0 aromatic rings. The van der Waals surface area contributed by atoms with Crippen LogP contribution >= 0.6 is 0 Å². The molecule has 0 saturated heterocycles. The smallest absolute Gasteiger partial charge is 0.305 e. The second-order valence-electron chi connectivity index (χ2n) is 14.0. The fourth-order valence-corrected chi connectivity index (χ4v) is 5.58. The van der Waals surface area contributed by atoms with E-state index in [-0.39, 0.29) is 37.6 Å². The number of nitrogens with zero attached hydrogens (tertiary/aromatic N) is 2. The van der Waals surface area contributed by atoms with Crippen LogP contribution in [0.3, 0.4) is 0 Å². The minimum absolute atomic E-state index is 0.0745. The predicted octanol–water partition coefficient (Wildman–Crippen LogP) is 11.1. The Labute approximate surface area is 314 Å². The largest absolute Gasteiger partial charge is 0.464 e.